The summed E-state index contributed by atoms with van der Waals surface area (Å²) in [6.07, 6.45) is 1.63. The smallest absolute Gasteiger partial charge is 0.234 e. The van der Waals surface area contributed by atoms with Crippen molar-refractivity contribution in [2.24, 2.45) is 0 Å². The number of amides is 1. The Morgan fingerprint density at radius 1 is 1.13 bits per heavy atom. The molecule has 1 N–H and O–H groups in total. The molecule has 0 spiro atoms. The van der Waals surface area contributed by atoms with E-state index in [9.17, 15) is 4.79 Å². The van der Waals surface area contributed by atoms with Crippen LogP contribution in [0, 0.1) is 13.8 Å². The first kappa shape index (κ1) is 20.3. The molecule has 30 heavy (non-hydrogen) atoms. The van der Waals surface area contributed by atoms with Crippen LogP contribution in [-0.4, -0.2) is 26.4 Å². The quantitative estimate of drug-likeness (QED) is 0.401. The van der Waals surface area contributed by atoms with E-state index in [0.29, 0.717) is 16.0 Å². The predicted molar refractivity (Wildman–Crippen MR) is 119 cm³/mol. The summed E-state index contributed by atoms with van der Waals surface area (Å²) >= 11 is 7.31. The normalized spacial score (nSPS) is 10.9. The first-order chi connectivity index (χ1) is 14.5. The highest BCUT2D eigenvalue weighted by atomic mass is 35.5. The molecule has 0 aliphatic heterocycles. The number of aromatic nitrogens is 3. The molecule has 2 aromatic carbocycles. The zero-order chi connectivity index (χ0) is 21.1. The molecule has 8 heteroatoms. The largest absolute Gasteiger partial charge is 0.469 e. The Morgan fingerprint density at radius 2 is 1.93 bits per heavy atom. The number of carbonyl (C=O) groups is 1. The maximum absolute atomic E-state index is 12.5. The van der Waals surface area contributed by atoms with E-state index in [1.807, 2.05) is 60.9 Å². The molecule has 0 aliphatic rings. The van der Waals surface area contributed by atoms with Crippen molar-refractivity contribution < 1.29 is 9.21 Å². The van der Waals surface area contributed by atoms with Gasteiger partial charge in [0.15, 0.2) is 11.0 Å². The molecule has 152 valence electrons. The van der Waals surface area contributed by atoms with Crippen LogP contribution in [0.5, 0.6) is 0 Å². The Kier molecular flexibility index (Phi) is 5.92. The summed E-state index contributed by atoms with van der Waals surface area (Å²) in [6.45, 7) is 3.79. The fourth-order valence-corrected chi connectivity index (χ4v) is 4.03. The first-order valence-electron chi connectivity index (χ1n) is 9.27. The molecular formula is C22H19ClN4O2S. The van der Waals surface area contributed by atoms with Crippen molar-refractivity contribution in [3.8, 4) is 17.1 Å². The summed E-state index contributed by atoms with van der Waals surface area (Å²) in [7, 11) is 0. The van der Waals surface area contributed by atoms with Gasteiger partial charge in [0.05, 0.1) is 17.6 Å². The van der Waals surface area contributed by atoms with E-state index < -0.39 is 0 Å². The van der Waals surface area contributed by atoms with E-state index in [1.54, 1.807) is 18.4 Å². The van der Waals surface area contributed by atoms with E-state index >= 15 is 0 Å². The third-order valence-electron chi connectivity index (χ3n) is 4.54. The summed E-state index contributed by atoms with van der Waals surface area (Å²) in [5.41, 5.74) is 3.42. The van der Waals surface area contributed by atoms with E-state index in [1.165, 1.54) is 11.8 Å². The van der Waals surface area contributed by atoms with Crippen molar-refractivity contribution in [1.82, 2.24) is 14.8 Å². The average Bonchev–Trinajstić information content (AvgIpc) is 3.35. The summed E-state index contributed by atoms with van der Waals surface area (Å²) in [4.78, 5) is 12.5. The lowest BCUT2D eigenvalue weighted by Gasteiger charge is -2.11. The molecule has 0 atom stereocenters. The number of aryl methyl sites for hydroxylation is 2. The number of hydrogen-bond donors (Lipinski definition) is 1. The summed E-state index contributed by atoms with van der Waals surface area (Å²) < 4.78 is 7.38. The number of furan rings is 1. The highest BCUT2D eigenvalue weighted by Crippen LogP contribution is 2.30. The van der Waals surface area contributed by atoms with Crippen LogP contribution >= 0.6 is 23.4 Å². The zero-order valence-corrected chi connectivity index (χ0v) is 18.0. The number of anilines is 1. The molecule has 1 amide bonds. The molecule has 0 saturated heterocycles. The van der Waals surface area contributed by atoms with Gasteiger partial charge in [0.25, 0.3) is 0 Å². The Balaban J connectivity index is 1.58. The van der Waals surface area contributed by atoms with Gasteiger partial charge in [-0.3, -0.25) is 9.36 Å². The number of hydrogen-bond acceptors (Lipinski definition) is 5. The van der Waals surface area contributed by atoms with Gasteiger partial charge in [-0.2, -0.15) is 0 Å². The molecule has 2 heterocycles. The fourth-order valence-electron chi connectivity index (χ4n) is 3.05. The van der Waals surface area contributed by atoms with Crippen LogP contribution in [0.4, 0.5) is 5.69 Å². The lowest BCUT2D eigenvalue weighted by Crippen LogP contribution is -2.15. The topological polar surface area (TPSA) is 73.0 Å². The second kappa shape index (κ2) is 8.77. The second-order valence-corrected chi connectivity index (χ2v) is 8.04. The summed E-state index contributed by atoms with van der Waals surface area (Å²) in [5, 5.41) is 12.9. The zero-order valence-electron chi connectivity index (χ0n) is 16.4. The Labute approximate surface area is 183 Å². The van der Waals surface area contributed by atoms with Gasteiger partial charge >= 0.3 is 0 Å². The molecule has 4 aromatic rings. The SMILES string of the molecule is Cc1cc(Cl)ccc1NC(=O)CSc1nnc(-c2ccoc2C)n1-c1ccccc1. The van der Waals surface area contributed by atoms with Crippen molar-refractivity contribution in [3.05, 3.63) is 77.2 Å². The minimum Gasteiger partial charge on any atom is -0.469 e. The minimum atomic E-state index is -0.130. The van der Waals surface area contributed by atoms with Gasteiger partial charge < -0.3 is 9.73 Å². The molecule has 0 bridgehead atoms. The van der Waals surface area contributed by atoms with E-state index in [-0.39, 0.29) is 11.7 Å². The molecule has 6 nitrogen and oxygen atoms in total. The van der Waals surface area contributed by atoms with Gasteiger partial charge in [-0.05, 0) is 55.8 Å². The molecule has 0 aliphatic carbocycles. The highest BCUT2D eigenvalue weighted by Gasteiger charge is 2.19. The maximum Gasteiger partial charge on any atom is 0.234 e. The number of nitrogens with one attached hydrogen (secondary N) is 1. The third kappa shape index (κ3) is 4.27. The maximum atomic E-state index is 12.5. The van der Waals surface area contributed by atoms with Crippen molar-refractivity contribution in [2.45, 2.75) is 19.0 Å². The molecule has 2 aromatic heterocycles. The summed E-state index contributed by atoms with van der Waals surface area (Å²) in [6, 6.07) is 17.0. The predicted octanol–water partition coefficient (Wildman–Crippen LogP) is 5.53. The molecule has 0 radical (unpaired) electrons. The van der Waals surface area contributed by atoms with Crippen LogP contribution < -0.4 is 5.32 Å². The van der Waals surface area contributed by atoms with Crippen LogP contribution in [0.2, 0.25) is 5.02 Å². The van der Waals surface area contributed by atoms with Crippen LogP contribution in [0.15, 0.2) is 70.4 Å². The highest BCUT2D eigenvalue weighted by molar-refractivity contribution is 7.99. The Morgan fingerprint density at radius 3 is 2.63 bits per heavy atom. The van der Waals surface area contributed by atoms with Gasteiger partial charge in [-0.25, -0.2) is 0 Å². The number of nitrogens with zero attached hydrogens (tertiary/aromatic N) is 3. The van der Waals surface area contributed by atoms with Gasteiger partial charge in [-0.1, -0.05) is 41.6 Å². The van der Waals surface area contributed by atoms with Crippen LogP contribution in [0.1, 0.15) is 11.3 Å². The molecule has 4 rings (SSSR count). The van der Waals surface area contributed by atoms with Crippen molar-refractivity contribution in [3.63, 3.8) is 0 Å². The number of benzene rings is 2. The Hall–Kier alpha value is -3.03. The fraction of sp³-hybridized carbons (Fsp3) is 0.136. The second-order valence-electron chi connectivity index (χ2n) is 6.66. The number of thioether (sulfide) groups is 1. The molecule has 0 fully saturated rings. The first-order valence-corrected chi connectivity index (χ1v) is 10.6. The molecule has 0 saturated carbocycles. The monoisotopic (exact) mass is 438 g/mol. The standard InChI is InChI=1S/C22H19ClN4O2S/c1-14-12-16(23)8-9-19(14)24-20(28)13-30-22-26-25-21(18-10-11-29-15(18)2)27(22)17-6-4-3-5-7-17/h3-12H,13H2,1-2H3,(H,24,28). The van der Waals surface area contributed by atoms with Crippen LogP contribution in [-0.2, 0) is 4.79 Å². The van der Waals surface area contributed by atoms with Crippen molar-refractivity contribution >= 4 is 35.0 Å². The van der Waals surface area contributed by atoms with E-state index in [4.69, 9.17) is 16.0 Å². The van der Waals surface area contributed by atoms with Gasteiger partial charge in [0.2, 0.25) is 5.91 Å². The van der Waals surface area contributed by atoms with Crippen molar-refractivity contribution in [2.75, 3.05) is 11.1 Å². The third-order valence-corrected chi connectivity index (χ3v) is 5.71. The van der Waals surface area contributed by atoms with Gasteiger partial charge in [0, 0.05) is 16.4 Å². The van der Waals surface area contributed by atoms with Crippen LogP contribution in [0.25, 0.3) is 17.1 Å². The molecule has 0 unspecified atom stereocenters. The van der Waals surface area contributed by atoms with Crippen molar-refractivity contribution in [1.29, 1.82) is 0 Å². The van der Waals surface area contributed by atoms with E-state index in [0.717, 1.165) is 28.3 Å². The molecular weight excluding hydrogens is 420 g/mol. The lowest BCUT2D eigenvalue weighted by molar-refractivity contribution is -0.113. The van der Waals surface area contributed by atoms with Crippen LogP contribution in [0.3, 0.4) is 0 Å². The van der Waals surface area contributed by atoms with Gasteiger partial charge in [-0.15, -0.1) is 10.2 Å². The Bertz CT molecular complexity index is 1190. The number of para-hydroxylation sites is 1. The number of halogens is 1. The summed E-state index contributed by atoms with van der Waals surface area (Å²) in [5.74, 6) is 1.49. The van der Waals surface area contributed by atoms with E-state index in [2.05, 4.69) is 15.5 Å². The lowest BCUT2D eigenvalue weighted by atomic mass is 10.2. The number of carbonyl (C=O) groups excluding carboxylic acids is 1. The average molecular weight is 439 g/mol. The van der Waals surface area contributed by atoms with Gasteiger partial charge in [0.1, 0.15) is 5.76 Å². The minimum absolute atomic E-state index is 0.130. The number of rotatable bonds is 6.